The number of halogens is 1. The Balaban J connectivity index is 0.000000280. The zero-order valence-corrected chi connectivity index (χ0v) is 11.4. The molecule has 18 heavy (non-hydrogen) atoms. The summed E-state index contributed by atoms with van der Waals surface area (Å²) in [7, 11) is -4.64. The zero-order chi connectivity index (χ0) is 13.6. The molecule has 0 unspecified atom stereocenters. The summed E-state index contributed by atoms with van der Waals surface area (Å²) in [6, 6.07) is 8.62. The molecule has 0 bridgehead atoms. The van der Waals surface area contributed by atoms with Gasteiger partial charge in [0.2, 0.25) is 0 Å². The molecule has 1 aromatic rings. The van der Waals surface area contributed by atoms with Gasteiger partial charge < -0.3 is 20.0 Å². The molecular formula is C11H17ClNO4P. The number of hydrogen-bond acceptors (Lipinski definition) is 2. The molecule has 1 aromatic carbocycles. The highest BCUT2D eigenvalue weighted by atomic mass is 35.5. The highest BCUT2D eigenvalue weighted by Gasteiger charge is 2.16. The van der Waals surface area contributed by atoms with Gasteiger partial charge in [0, 0.05) is 18.3 Å². The van der Waals surface area contributed by atoms with Gasteiger partial charge in [-0.25, -0.2) is 4.57 Å². The summed E-state index contributed by atoms with van der Waals surface area (Å²) in [6.45, 7) is 2.09. The van der Waals surface area contributed by atoms with Crippen LogP contribution in [0.15, 0.2) is 24.3 Å². The molecule has 1 atom stereocenters. The number of fused-ring (bicyclic) bond motifs is 1. The van der Waals surface area contributed by atoms with Gasteiger partial charge in [0.05, 0.1) is 0 Å². The summed E-state index contributed by atoms with van der Waals surface area (Å²) < 4.78 is 8.88. The van der Waals surface area contributed by atoms with Crippen molar-refractivity contribution in [3.05, 3.63) is 35.4 Å². The summed E-state index contributed by atoms with van der Waals surface area (Å²) in [5, 5.41) is 3.41. The van der Waals surface area contributed by atoms with E-state index in [2.05, 4.69) is 29.6 Å². The molecule has 0 saturated heterocycles. The first-order chi connectivity index (χ1) is 8.42. The van der Waals surface area contributed by atoms with E-state index in [0.717, 1.165) is 19.5 Å². The van der Waals surface area contributed by atoms with Gasteiger partial charge in [-0.1, -0.05) is 24.3 Å². The maximum absolute atomic E-state index is 8.88. The molecular weight excluding hydrogens is 277 g/mol. The molecule has 1 aliphatic heterocycles. The lowest BCUT2D eigenvalue weighted by molar-refractivity contribution is 0.275. The van der Waals surface area contributed by atoms with E-state index in [1.165, 1.54) is 11.1 Å². The summed E-state index contributed by atoms with van der Waals surface area (Å²) in [4.78, 5) is 21.6. The number of alkyl halides is 1. The van der Waals surface area contributed by atoms with Gasteiger partial charge in [-0.15, -0.1) is 11.6 Å². The number of hydrogen-bond donors (Lipinski definition) is 4. The van der Waals surface area contributed by atoms with Crippen LogP contribution in [-0.2, 0) is 11.0 Å². The Kier molecular flexibility index (Phi) is 6.29. The molecule has 0 aromatic heterocycles. The van der Waals surface area contributed by atoms with Crippen molar-refractivity contribution >= 4 is 19.4 Å². The second-order valence-corrected chi connectivity index (χ2v) is 5.35. The molecule has 1 heterocycles. The summed E-state index contributed by atoms with van der Waals surface area (Å²) in [6.07, 6.45) is 1.13. The molecule has 102 valence electrons. The van der Waals surface area contributed by atoms with Gasteiger partial charge in [-0.3, -0.25) is 0 Å². The van der Waals surface area contributed by atoms with Gasteiger partial charge in [0.1, 0.15) is 0 Å². The minimum absolute atomic E-state index is 0.486. The third-order valence-corrected chi connectivity index (χ3v) is 3.02. The normalized spacial score (nSPS) is 19.2. The van der Waals surface area contributed by atoms with Crippen LogP contribution in [0.3, 0.4) is 0 Å². The Labute approximate surface area is 111 Å². The molecule has 0 aliphatic carbocycles. The number of phosphoric acid groups is 1. The van der Waals surface area contributed by atoms with Crippen molar-refractivity contribution in [2.45, 2.75) is 12.3 Å². The van der Waals surface area contributed by atoms with Crippen LogP contribution in [0, 0.1) is 0 Å². The molecule has 0 spiro atoms. The predicted molar refractivity (Wildman–Crippen MR) is 70.7 cm³/mol. The third-order valence-electron chi connectivity index (χ3n) is 2.64. The minimum atomic E-state index is -4.64. The van der Waals surface area contributed by atoms with Crippen molar-refractivity contribution in [2.75, 3.05) is 19.0 Å². The molecule has 0 amide bonds. The van der Waals surface area contributed by atoms with Crippen molar-refractivity contribution in [3.8, 4) is 0 Å². The maximum Gasteiger partial charge on any atom is 0.466 e. The number of rotatable bonds is 1. The quantitative estimate of drug-likeness (QED) is 0.462. The Hall–Kier alpha value is -0.420. The van der Waals surface area contributed by atoms with Gasteiger partial charge in [0.25, 0.3) is 0 Å². The topological polar surface area (TPSA) is 89.8 Å². The van der Waals surface area contributed by atoms with Crippen LogP contribution in [-0.4, -0.2) is 33.6 Å². The van der Waals surface area contributed by atoms with Gasteiger partial charge in [0.15, 0.2) is 0 Å². The molecule has 4 N–H and O–H groups in total. The fourth-order valence-electron chi connectivity index (χ4n) is 1.91. The average molecular weight is 294 g/mol. The fraction of sp³-hybridized carbons (Fsp3) is 0.455. The van der Waals surface area contributed by atoms with Crippen molar-refractivity contribution in [1.82, 2.24) is 5.32 Å². The number of nitrogens with one attached hydrogen (secondary N) is 1. The van der Waals surface area contributed by atoms with Crippen LogP contribution in [0.5, 0.6) is 0 Å². The molecule has 7 heteroatoms. The molecule has 0 saturated carbocycles. The molecule has 2 rings (SSSR count). The van der Waals surface area contributed by atoms with Crippen LogP contribution < -0.4 is 5.32 Å². The Bertz CT molecular complexity index is 415. The Morgan fingerprint density at radius 2 is 1.94 bits per heavy atom. The van der Waals surface area contributed by atoms with E-state index in [4.69, 9.17) is 30.8 Å². The smallest absolute Gasteiger partial charge is 0.316 e. The summed E-state index contributed by atoms with van der Waals surface area (Å²) in [5.74, 6) is 1.20. The Morgan fingerprint density at radius 1 is 1.33 bits per heavy atom. The monoisotopic (exact) mass is 293 g/mol. The SMILES string of the molecule is ClC[C@@H]1CNCCc2ccccc21.O=P(O)(O)O. The fourth-order valence-corrected chi connectivity index (χ4v) is 2.18. The van der Waals surface area contributed by atoms with E-state index in [1.807, 2.05) is 0 Å². The van der Waals surface area contributed by atoms with Crippen molar-refractivity contribution < 1.29 is 19.2 Å². The van der Waals surface area contributed by atoms with Crippen LogP contribution in [0.1, 0.15) is 17.0 Å². The highest BCUT2D eigenvalue weighted by molar-refractivity contribution is 7.45. The number of benzene rings is 1. The lowest BCUT2D eigenvalue weighted by atomic mass is 9.95. The van der Waals surface area contributed by atoms with Gasteiger partial charge in [-0.05, 0) is 24.1 Å². The van der Waals surface area contributed by atoms with E-state index >= 15 is 0 Å². The molecule has 1 aliphatic rings. The standard InChI is InChI=1S/C11H14ClN.H3O4P/c12-7-10-8-13-6-5-9-3-1-2-4-11(9)10;1-5(2,3)4/h1-4,10,13H,5-8H2;(H3,1,2,3,4)/t10-;/m1./s1. The van der Waals surface area contributed by atoms with Crippen molar-refractivity contribution in [1.29, 1.82) is 0 Å². The van der Waals surface area contributed by atoms with Gasteiger partial charge >= 0.3 is 7.82 Å². The first-order valence-corrected chi connectivity index (χ1v) is 7.64. The second-order valence-electron chi connectivity index (χ2n) is 4.02. The van der Waals surface area contributed by atoms with Crippen LogP contribution in [0.2, 0.25) is 0 Å². The van der Waals surface area contributed by atoms with E-state index in [9.17, 15) is 0 Å². The van der Waals surface area contributed by atoms with E-state index in [1.54, 1.807) is 0 Å². The van der Waals surface area contributed by atoms with Crippen LogP contribution >= 0.6 is 19.4 Å². The zero-order valence-electron chi connectivity index (χ0n) is 9.79. The molecule has 0 fully saturated rings. The van der Waals surface area contributed by atoms with E-state index < -0.39 is 7.82 Å². The predicted octanol–water partition coefficient (Wildman–Crippen LogP) is 1.23. The van der Waals surface area contributed by atoms with Crippen molar-refractivity contribution in [2.24, 2.45) is 0 Å². The first kappa shape index (κ1) is 15.6. The van der Waals surface area contributed by atoms with Gasteiger partial charge in [-0.2, -0.15) is 0 Å². The largest absolute Gasteiger partial charge is 0.466 e. The highest BCUT2D eigenvalue weighted by Crippen LogP contribution is 2.25. The first-order valence-electron chi connectivity index (χ1n) is 5.54. The van der Waals surface area contributed by atoms with Crippen LogP contribution in [0.4, 0.5) is 0 Å². The summed E-state index contributed by atoms with van der Waals surface area (Å²) >= 11 is 5.94. The average Bonchev–Trinajstić information content (AvgIpc) is 2.48. The third kappa shape index (κ3) is 5.96. The lowest BCUT2D eigenvalue weighted by Gasteiger charge is -2.13. The maximum atomic E-state index is 8.88. The molecule has 0 radical (unpaired) electrons. The second kappa shape index (κ2) is 7.24. The minimum Gasteiger partial charge on any atom is -0.316 e. The van der Waals surface area contributed by atoms with Crippen molar-refractivity contribution in [3.63, 3.8) is 0 Å². The van der Waals surface area contributed by atoms with E-state index in [-0.39, 0.29) is 0 Å². The van der Waals surface area contributed by atoms with E-state index in [0.29, 0.717) is 11.8 Å². The Morgan fingerprint density at radius 3 is 2.56 bits per heavy atom. The molecule has 5 nitrogen and oxygen atoms in total. The summed E-state index contributed by atoms with van der Waals surface area (Å²) in [5.41, 5.74) is 2.89. The van der Waals surface area contributed by atoms with Crippen LogP contribution in [0.25, 0.3) is 0 Å². The lowest BCUT2D eigenvalue weighted by Crippen LogP contribution is -2.20.